The Morgan fingerprint density at radius 1 is 0.850 bits per heavy atom. The van der Waals surface area contributed by atoms with Gasteiger partial charge in [0, 0.05) is 38.2 Å². The lowest BCUT2D eigenvalue weighted by Crippen LogP contribution is -2.50. The molecule has 40 heavy (non-hydrogen) atoms. The van der Waals surface area contributed by atoms with Gasteiger partial charge in [0.05, 0.1) is 18.8 Å². The van der Waals surface area contributed by atoms with Gasteiger partial charge in [-0.1, -0.05) is 79.2 Å². The molecule has 0 atom stereocenters. The molecule has 0 spiro atoms. The number of carbonyl (C=O) groups is 2. The second-order valence-corrected chi connectivity index (χ2v) is 9.89. The quantitative estimate of drug-likeness (QED) is 0.274. The van der Waals surface area contributed by atoms with Gasteiger partial charge in [0.15, 0.2) is 0 Å². The van der Waals surface area contributed by atoms with Gasteiger partial charge in [0.2, 0.25) is 5.91 Å². The molecule has 0 unspecified atom stereocenters. The molecule has 0 aliphatic carbocycles. The number of hydrazine groups is 1. The van der Waals surface area contributed by atoms with Crippen LogP contribution >= 0.6 is 0 Å². The van der Waals surface area contributed by atoms with Crippen LogP contribution < -0.4 is 15.6 Å². The Hall–Kier alpha value is -3.72. The highest BCUT2D eigenvalue weighted by Gasteiger charge is 2.28. The summed E-state index contributed by atoms with van der Waals surface area (Å²) in [6.45, 7) is 3.31. The summed E-state index contributed by atoms with van der Waals surface area (Å²) in [6, 6.07) is 26.0. The third kappa shape index (κ3) is 8.64. The highest BCUT2D eigenvalue weighted by molar-refractivity contribution is 5.93. The third-order valence-corrected chi connectivity index (χ3v) is 6.94. The number of nitrogens with one attached hydrogen (secondary N) is 2. The molecule has 1 saturated heterocycles. The Labute approximate surface area is 236 Å². The van der Waals surface area contributed by atoms with E-state index in [1.54, 1.807) is 5.01 Å². The molecule has 3 N–H and O–H groups in total. The first kappa shape index (κ1) is 29.3. The number of aliphatic hydroxyl groups is 1. The zero-order valence-electron chi connectivity index (χ0n) is 23.1. The molecule has 1 aliphatic heterocycles. The number of piperidine rings is 1. The summed E-state index contributed by atoms with van der Waals surface area (Å²) in [6.07, 6.45) is 3.76. The molecule has 4 rings (SSSR count). The molecule has 1 aliphatic rings. The van der Waals surface area contributed by atoms with Crippen LogP contribution in [0.1, 0.15) is 36.8 Å². The van der Waals surface area contributed by atoms with E-state index in [2.05, 4.69) is 15.6 Å². The van der Waals surface area contributed by atoms with E-state index in [4.69, 9.17) is 9.84 Å². The van der Waals surface area contributed by atoms with Crippen LogP contribution in [0.15, 0.2) is 78.9 Å². The second-order valence-electron chi connectivity index (χ2n) is 9.89. The Morgan fingerprint density at radius 2 is 1.55 bits per heavy atom. The number of benzene rings is 3. The van der Waals surface area contributed by atoms with Crippen molar-refractivity contribution >= 4 is 17.7 Å². The number of amides is 2. The molecule has 1 fully saturated rings. The maximum atomic E-state index is 13.4. The molecule has 0 saturated carbocycles. The number of ether oxygens (including phenoxy) is 1. The second kappa shape index (κ2) is 15.8. The van der Waals surface area contributed by atoms with Gasteiger partial charge in [0.25, 0.3) is 0 Å². The third-order valence-electron chi connectivity index (χ3n) is 6.94. The maximum absolute atomic E-state index is 13.4. The van der Waals surface area contributed by atoms with Crippen LogP contribution in [0.3, 0.4) is 0 Å². The first-order chi connectivity index (χ1) is 19.7. The van der Waals surface area contributed by atoms with Crippen molar-refractivity contribution < 1.29 is 19.4 Å². The zero-order chi connectivity index (χ0) is 28.0. The van der Waals surface area contributed by atoms with E-state index in [9.17, 15) is 9.59 Å². The van der Waals surface area contributed by atoms with Crippen molar-refractivity contribution in [2.45, 2.75) is 38.6 Å². The van der Waals surface area contributed by atoms with Gasteiger partial charge in [-0.2, -0.15) is 0 Å². The van der Waals surface area contributed by atoms with E-state index in [1.165, 1.54) is 0 Å². The highest BCUT2D eigenvalue weighted by Crippen LogP contribution is 2.33. The van der Waals surface area contributed by atoms with Crippen molar-refractivity contribution in [3.8, 4) is 11.1 Å². The van der Waals surface area contributed by atoms with Gasteiger partial charge in [-0.3, -0.25) is 4.79 Å². The molecule has 0 radical (unpaired) electrons. The van der Waals surface area contributed by atoms with E-state index < -0.39 is 6.09 Å². The van der Waals surface area contributed by atoms with Crippen LogP contribution in [0.5, 0.6) is 0 Å². The zero-order valence-corrected chi connectivity index (χ0v) is 23.1. The number of aliphatic hydroxyl groups excluding tert-OH is 1. The predicted octanol–water partition coefficient (Wildman–Crippen LogP) is 4.53. The minimum absolute atomic E-state index is 0.0768. The lowest BCUT2D eigenvalue weighted by molar-refractivity contribution is -0.121. The van der Waals surface area contributed by atoms with Gasteiger partial charge in [0.1, 0.15) is 6.61 Å². The van der Waals surface area contributed by atoms with Crippen molar-refractivity contribution in [1.82, 2.24) is 15.6 Å². The summed E-state index contributed by atoms with van der Waals surface area (Å²) in [7, 11) is 0. The topological polar surface area (TPSA) is 94.1 Å². The first-order valence-electron chi connectivity index (χ1n) is 14.2. The van der Waals surface area contributed by atoms with Gasteiger partial charge in [-0.25, -0.2) is 14.8 Å². The molecular weight excluding hydrogens is 504 g/mol. The fraction of sp³-hybridized carbons (Fsp3) is 0.375. The van der Waals surface area contributed by atoms with Crippen molar-refractivity contribution in [2.24, 2.45) is 0 Å². The highest BCUT2D eigenvalue weighted by atomic mass is 16.6. The van der Waals surface area contributed by atoms with Crippen LogP contribution in [0.25, 0.3) is 11.1 Å². The summed E-state index contributed by atoms with van der Waals surface area (Å²) >= 11 is 0. The minimum atomic E-state index is -0.437. The van der Waals surface area contributed by atoms with Crippen LogP contribution in [-0.2, 0) is 22.5 Å². The van der Waals surface area contributed by atoms with E-state index in [0.29, 0.717) is 25.9 Å². The Bertz CT molecular complexity index is 1200. The number of anilines is 1. The SMILES string of the molecule is O=C(CCc1ccc(CNCCO)cc1)NCCOC(=O)N(c1ccccc1-c1ccccc1)N1CCCCC1. The Balaban J connectivity index is 1.29. The average Bonchev–Trinajstić information content (AvgIpc) is 3.00. The Kier molecular flexibility index (Phi) is 11.5. The standard InChI is InChI=1S/C32H40N4O4/c37-23-19-33-25-27-15-13-26(14-16-27)17-18-31(38)34-20-24-40-32(39)36(35-21-7-2-8-22-35)30-12-6-5-11-29(30)28-9-3-1-4-10-28/h1,3-6,9-16,33,37H,2,7-8,17-25H2,(H,34,38). The van der Waals surface area contributed by atoms with E-state index in [1.807, 2.05) is 78.9 Å². The van der Waals surface area contributed by atoms with Crippen molar-refractivity contribution in [2.75, 3.05) is 44.4 Å². The summed E-state index contributed by atoms with van der Waals surface area (Å²) < 4.78 is 5.68. The average molecular weight is 545 g/mol. The summed E-state index contributed by atoms with van der Waals surface area (Å²) in [5, 5.41) is 18.6. The molecule has 3 aromatic carbocycles. The number of rotatable bonds is 13. The lowest BCUT2D eigenvalue weighted by atomic mass is 10.0. The summed E-state index contributed by atoms with van der Waals surface area (Å²) in [5.41, 5.74) is 5.01. The maximum Gasteiger partial charge on any atom is 0.429 e. The van der Waals surface area contributed by atoms with Gasteiger partial charge < -0.3 is 20.5 Å². The number of carbonyl (C=O) groups excluding carboxylic acids is 2. The van der Waals surface area contributed by atoms with Gasteiger partial charge in [-0.05, 0) is 42.0 Å². The molecule has 3 aromatic rings. The molecule has 8 heteroatoms. The van der Waals surface area contributed by atoms with Gasteiger partial charge >= 0.3 is 6.09 Å². The van der Waals surface area contributed by atoms with Crippen molar-refractivity contribution in [3.63, 3.8) is 0 Å². The normalized spacial score (nSPS) is 13.5. The molecule has 0 bridgehead atoms. The monoisotopic (exact) mass is 544 g/mol. The molecule has 0 aromatic heterocycles. The minimum Gasteiger partial charge on any atom is -0.446 e. The number of aryl methyl sites for hydroxylation is 1. The summed E-state index contributed by atoms with van der Waals surface area (Å²) in [4.78, 5) is 25.8. The molecular formula is C32H40N4O4. The van der Waals surface area contributed by atoms with E-state index >= 15 is 0 Å². The summed E-state index contributed by atoms with van der Waals surface area (Å²) in [5.74, 6) is -0.0768. The van der Waals surface area contributed by atoms with Crippen LogP contribution in [0.4, 0.5) is 10.5 Å². The molecule has 1 heterocycles. The van der Waals surface area contributed by atoms with E-state index in [-0.39, 0.29) is 25.7 Å². The van der Waals surface area contributed by atoms with Crippen LogP contribution in [-0.4, -0.2) is 61.5 Å². The number of para-hydroxylation sites is 1. The number of nitrogens with zero attached hydrogens (tertiary/aromatic N) is 2. The lowest BCUT2D eigenvalue weighted by Gasteiger charge is -2.37. The number of hydrogen-bond donors (Lipinski definition) is 3. The fourth-order valence-corrected chi connectivity index (χ4v) is 4.84. The largest absolute Gasteiger partial charge is 0.446 e. The molecule has 2 amide bonds. The molecule has 8 nitrogen and oxygen atoms in total. The van der Waals surface area contributed by atoms with Gasteiger partial charge in [-0.15, -0.1) is 0 Å². The Morgan fingerprint density at radius 3 is 2.30 bits per heavy atom. The van der Waals surface area contributed by atoms with Crippen molar-refractivity contribution in [3.05, 3.63) is 90.0 Å². The van der Waals surface area contributed by atoms with Crippen molar-refractivity contribution in [1.29, 1.82) is 0 Å². The number of hydrogen-bond acceptors (Lipinski definition) is 6. The van der Waals surface area contributed by atoms with Crippen LogP contribution in [0.2, 0.25) is 0 Å². The first-order valence-corrected chi connectivity index (χ1v) is 14.2. The molecule has 212 valence electrons. The smallest absolute Gasteiger partial charge is 0.429 e. The van der Waals surface area contributed by atoms with Crippen LogP contribution in [0, 0.1) is 0 Å². The predicted molar refractivity (Wildman–Crippen MR) is 158 cm³/mol. The fourth-order valence-electron chi connectivity index (χ4n) is 4.84. The van der Waals surface area contributed by atoms with E-state index in [0.717, 1.165) is 60.3 Å².